The lowest BCUT2D eigenvalue weighted by atomic mass is 9.93. The third kappa shape index (κ3) is 3.36. The number of anilines is 4. The van der Waals surface area contributed by atoms with Gasteiger partial charge < -0.3 is 15.5 Å². The van der Waals surface area contributed by atoms with E-state index in [4.69, 9.17) is 0 Å². The van der Waals surface area contributed by atoms with Crippen molar-refractivity contribution in [3.63, 3.8) is 0 Å². The maximum absolute atomic E-state index is 14.2. The second kappa shape index (κ2) is 6.58. The number of hydrogen-bond donors (Lipinski definition) is 2. The number of alkyl halides is 2. The molecule has 0 saturated heterocycles. The molecule has 1 aliphatic heterocycles. The summed E-state index contributed by atoms with van der Waals surface area (Å²) in [5.41, 5.74) is 1.91. The zero-order valence-electron chi connectivity index (χ0n) is 17.0. The first-order valence-corrected chi connectivity index (χ1v) is 10.3. The Bertz CT molecular complexity index is 1010. The van der Waals surface area contributed by atoms with Gasteiger partial charge in [-0.3, -0.25) is 4.79 Å². The van der Waals surface area contributed by atoms with E-state index in [1.54, 1.807) is 18.3 Å². The third-order valence-electron chi connectivity index (χ3n) is 6.20. The summed E-state index contributed by atoms with van der Waals surface area (Å²) in [6.07, 6.45) is 6.99. The first-order chi connectivity index (χ1) is 14.2. The highest BCUT2D eigenvalue weighted by atomic mass is 19.3. The van der Waals surface area contributed by atoms with Gasteiger partial charge in [-0.2, -0.15) is 8.78 Å². The SMILES string of the molecule is CC(=O)Nc1cc2c(cn1)C1(CC1)CN2c1cc(NC2CCC2)nc(C(C)(F)F)n1. The molecule has 5 rings (SSSR count). The molecule has 0 aromatic carbocycles. The number of nitrogens with zero attached hydrogens (tertiary/aromatic N) is 4. The van der Waals surface area contributed by atoms with Crippen LogP contribution in [0.4, 0.5) is 31.9 Å². The minimum atomic E-state index is -3.15. The summed E-state index contributed by atoms with van der Waals surface area (Å²) < 4.78 is 28.3. The van der Waals surface area contributed by atoms with Crippen molar-refractivity contribution in [2.75, 3.05) is 22.1 Å². The van der Waals surface area contributed by atoms with Crippen LogP contribution in [0.5, 0.6) is 0 Å². The van der Waals surface area contributed by atoms with Crippen molar-refractivity contribution in [1.82, 2.24) is 15.0 Å². The number of amides is 1. The van der Waals surface area contributed by atoms with E-state index in [1.807, 2.05) is 4.90 Å². The summed E-state index contributed by atoms with van der Waals surface area (Å²) >= 11 is 0. The van der Waals surface area contributed by atoms with Crippen LogP contribution in [0.25, 0.3) is 0 Å². The number of carbonyl (C=O) groups excluding carboxylic acids is 1. The van der Waals surface area contributed by atoms with Crippen molar-refractivity contribution >= 4 is 29.0 Å². The van der Waals surface area contributed by atoms with Gasteiger partial charge in [0, 0.05) is 55.7 Å². The molecule has 9 heteroatoms. The lowest BCUT2D eigenvalue weighted by Gasteiger charge is -2.28. The number of hydrogen-bond acceptors (Lipinski definition) is 6. The monoisotopic (exact) mass is 414 g/mol. The van der Waals surface area contributed by atoms with Crippen molar-refractivity contribution in [2.24, 2.45) is 0 Å². The summed E-state index contributed by atoms with van der Waals surface area (Å²) in [5.74, 6) is -2.55. The molecule has 2 saturated carbocycles. The van der Waals surface area contributed by atoms with E-state index in [9.17, 15) is 13.6 Å². The molecule has 1 amide bonds. The van der Waals surface area contributed by atoms with E-state index in [2.05, 4.69) is 25.6 Å². The van der Waals surface area contributed by atoms with Crippen LogP contribution in [0.3, 0.4) is 0 Å². The number of carbonyl (C=O) groups is 1. The number of fused-ring (bicyclic) bond motifs is 2. The van der Waals surface area contributed by atoms with Crippen LogP contribution in [-0.2, 0) is 16.1 Å². The second-order valence-corrected chi connectivity index (χ2v) is 8.73. The molecule has 2 aromatic heterocycles. The van der Waals surface area contributed by atoms with E-state index < -0.39 is 11.7 Å². The normalized spacial score (nSPS) is 19.4. The minimum Gasteiger partial charge on any atom is -0.367 e. The smallest absolute Gasteiger partial charge is 0.303 e. The Hall–Kier alpha value is -2.84. The zero-order valence-corrected chi connectivity index (χ0v) is 17.0. The molecule has 158 valence electrons. The molecule has 2 fully saturated rings. The van der Waals surface area contributed by atoms with Crippen LogP contribution in [0.15, 0.2) is 18.3 Å². The zero-order chi connectivity index (χ0) is 21.1. The van der Waals surface area contributed by atoms with E-state index in [1.165, 1.54) is 6.92 Å². The predicted octanol–water partition coefficient (Wildman–Crippen LogP) is 4.09. The van der Waals surface area contributed by atoms with Crippen molar-refractivity contribution in [1.29, 1.82) is 0 Å². The summed E-state index contributed by atoms with van der Waals surface area (Å²) in [7, 11) is 0. The van der Waals surface area contributed by atoms with Crippen LogP contribution in [-0.4, -0.2) is 33.4 Å². The highest BCUT2D eigenvalue weighted by Crippen LogP contribution is 2.58. The highest BCUT2D eigenvalue weighted by molar-refractivity contribution is 5.89. The van der Waals surface area contributed by atoms with Gasteiger partial charge in [0.15, 0.2) is 0 Å². The van der Waals surface area contributed by atoms with Crippen LogP contribution >= 0.6 is 0 Å². The second-order valence-electron chi connectivity index (χ2n) is 8.73. The van der Waals surface area contributed by atoms with E-state index >= 15 is 0 Å². The lowest BCUT2D eigenvalue weighted by Crippen LogP contribution is -2.29. The van der Waals surface area contributed by atoms with Crippen LogP contribution in [0.2, 0.25) is 0 Å². The van der Waals surface area contributed by atoms with Crippen LogP contribution in [0.1, 0.15) is 57.3 Å². The molecule has 0 atom stereocenters. The lowest BCUT2D eigenvalue weighted by molar-refractivity contribution is -0.114. The van der Waals surface area contributed by atoms with Gasteiger partial charge in [-0.15, -0.1) is 0 Å². The Balaban J connectivity index is 1.56. The maximum atomic E-state index is 14.2. The molecular weight excluding hydrogens is 390 g/mol. The minimum absolute atomic E-state index is 0.0154. The summed E-state index contributed by atoms with van der Waals surface area (Å²) in [5, 5.41) is 5.97. The van der Waals surface area contributed by atoms with Crippen molar-refractivity contribution < 1.29 is 13.6 Å². The first-order valence-electron chi connectivity index (χ1n) is 10.3. The fraction of sp³-hybridized carbons (Fsp3) is 0.524. The van der Waals surface area contributed by atoms with E-state index in [-0.39, 0.29) is 17.4 Å². The molecule has 0 radical (unpaired) electrons. The Labute approximate surface area is 173 Å². The third-order valence-corrected chi connectivity index (χ3v) is 6.20. The van der Waals surface area contributed by atoms with Gasteiger partial charge >= 0.3 is 5.92 Å². The van der Waals surface area contributed by atoms with Crippen LogP contribution in [0, 0.1) is 0 Å². The number of aromatic nitrogens is 3. The van der Waals surface area contributed by atoms with Gasteiger partial charge in [0.05, 0.1) is 5.69 Å². The van der Waals surface area contributed by atoms with E-state index in [0.29, 0.717) is 24.0 Å². The van der Waals surface area contributed by atoms with Crippen LogP contribution < -0.4 is 15.5 Å². The van der Waals surface area contributed by atoms with Gasteiger partial charge in [0.2, 0.25) is 11.7 Å². The standard InChI is InChI=1S/C21H24F2N6O/c1-12(30)25-16-8-15-14(10-24-16)21(6-7-21)11-29(15)18-9-17(26-13-4-3-5-13)27-19(28-18)20(2,22)23/h8-10,13H,3-7,11H2,1-2H3,(H,24,25,30)(H,26,27,28). The molecule has 3 aliphatic rings. The molecule has 0 bridgehead atoms. The summed E-state index contributed by atoms with van der Waals surface area (Å²) in [6.45, 7) is 2.90. The average molecular weight is 414 g/mol. The Morgan fingerprint density at radius 2 is 2.00 bits per heavy atom. The van der Waals surface area contributed by atoms with Gasteiger partial charge in [-0.1, -0.05) is 0 Å². The van der Waals surface area contributed by atoms with Crippen molar-refractivity contribution in [2.45, 2.75) is 63.3 Å². The molecule has 2 aromatic rings. The molecular formula is C21H24F2N6O. The molecule has 30 heavy (non-hydrogen) atoms. The molecule has 3 heterocycles. The highest BCUT2D eigenvalue weighted by Gasteiger charge is 2.53. The maximum Gasteiger partial charge on any atom is 0.303 e. The average Bonchev–Trinajstić information content (AvgIpc) is 3.34. The van der Waals surface area contributed by atoms with Gasteiger partial charge in [0.1, 0.15) is 17.5 Å². The number of rotatable bonds is 5. The molecule has 0 unspecified atom stereocenters. The number of nitrogens with one attached hydrogen (secondary N) is 2. The Kier molecular flexibility index (Phi) is 4.20. The number of pyridine rings is 1. The Morgan fingerprint density at radius 3 is 2.60 bits per heavy atom. The van der Waals surface area contributed by atoms with Gasteiger partial charge in [-0.25, -0.2) is 15.0 Å². The summed E-state index contributed by atoms with van der Waals surface area (Å²) in [6, 6.07) is 3.81. The first kappa shape index (κ1) is 19.1. The van der Waals surface area contributed by atoms with Crippen molar-refractivity contribution in [3.8, 4) is 0 Å². The molecule has 7 nitrogen and oxygen atoms in total. The largest absolute Gasteiger partial charge is 0.367 e. The Morgan fingerprint density at radius 1 is 1.23 bits per heavy atom. The topological polar surface area (TPSA) is 83.0 Å². The van der Waals surface area contributed by atoms with E-state index in [0.717, 1.165) is 50.3 Å². The summed E-state index contributed by atoms with van der Waals surface area (Å²) in [4.78, 5) is 26.1. The van der Waals surface area contributed by atoms with Gasteiger partial charge in [0.25, 0.3) is 0 Å². The molecule has 1 spiro atoms. The number of halogens is 2. The molecule has 2 N–H and O–H groups in total. The fourth-order valence-corrected chi connectivity index (χ4v) is 4.19. The van der Waals surface area contributed by atoms with Crippen molar-refractivity contribution in [3.05, 3.63) is 29.7 Å². The molecule has 2 aliphatic carbocycles. The van der Waals surface area contributed by atoms with Gasteiger partial charge in [-0.05, 0) is 32.1 Å². The predicted molar refractivity (Wildman–Crippen MR) is 109 cm³/mol. The quantitative estimate of drug-likeness (QED) is 0.767. The fourth-order valence-electron chi connectivity index (χ4n) is 4.19.